The van der Waals surface area contributed by atoms with Gasteiger partial charge in [-0.1, -0.05) is 13.8 Å². The average Bonchev–Trinajstić information content (AvgIpc) is 2.52. The van der Waals surface area contributed by atoms with E-state index in [1.165, 1.54) is 0 Å². The number of nitrogens with one attached hydrogen (secondary N) is 1. The number of hydrogen-bond acceptors (Lipinski definition) is 4. The van der Waals surface area contributed by atoms with Gasteiger partial charge >= 0.3 is 5.97 Å². The van der Waals surface area contributed by atoms with Crippen molar-refractivity contribution in [1.29, 1.82) is 0 Å². The fraction of sp³-hybridized carbons (Fsp3) is 0.833. The summed E-state index contributed by atoms with van der Waals surface area (Å²) in [5.41, 5.74) is -0.600. The Morgan fingerprint density at radius 3 is 2.42 bits per heavy atom. The highest BCUT2D eigenvalue weighted by atomic mass is 32.2. The highest BCUT2D eigenvalue weighted by Crippen LogP contribution is 2.25. The molecular weight excluding hydrogens is 270 g/mol. The highest BCUT2D eigenvalue weighted by molar-refractivity contribution is 7.91. The zero-order valence-corrected chi connectivity index (χ0v) is 12.1. The molecule has 1 unspecified atom stereocenters. The van der Waals surface area contributed by atoms with Gasteiger partial charge in [-0.3, -0.25) is 9.59 Å². The quantitative estimate of drug-likeness (QED) is 0.739. The molecule has 0 spiro atoms. The van der Waals surface area contributed by atoms with Crippen molar-refractivity contribution in [2.45, 2.75) is 33.1 Å². The maximum atomic E-state index is 11.7. The molecule has 0 bridgehead atoms. The molecule has 1 aliphatic heterocycles. The van der Waals surface area contributed by atoms with E-state index >= 15 is 0 Å². The van der Waals surface area contributed by atoms with Crippen molar-refractivity contribution in [2.24, 2.45) is 11.3 Å². The molecule has 1 heterocycles. The lowest BCUT2D eigenvalue weighted by Crippen LogP contribution is -2.33. The van der Waals surface area contributed by atoms with Crippen LogP contribution in [0.4, 0.5) is 0 Å². The molecule has 1 amide bonds. The fourth-order valence-corrected chi connectivity index (χ4v) is 4.12. The normalized spacial score (nSPS) is 22.1. The summed E-state index contributed by atoms with van der Waals surface area (Å²) < 4.78 is 22.5. The van der Waals surface area contributed by atoms with Gasteiger partial charge in [-0.25, -0.2) is 8.42 Å². The van der Waals surface area contributed by atoms with E-state index in [4.69, 9.17) is 5.11 Å². The van der Waals surface area contributed by atoms with E-state index in [1.807, 2.05) is 0 Å². The topological polar surface area (TPSA) is 101 Å². The number of carboxylic acid groups (broad SMARTS) is 1. The Labute approximate surface area is 113 Å². The Hall–Kier alpha value is -1.11. The molecule has 2 N–H and O–H groups in total. The molecule has 110 valence electrons. The van der Waals surface area contributed by atoms with Gasteiger partial charge in [0.1, 0.15) is 0 Å². The molecule has 0 radical (unpaired) electrons. The van der Waals surface area contributed by atoms with Gasteiger partial charge in [-0.05, 0) is 17.8 Å². The lowest BCUT2D eigenvalue weighted by molar-refractivity contribution is -0.139. The Bertz CT molecular complexity index is 455. The lowest BCUT2D eigenvalue weighted by Gasteiger charge is -2.22. The molecule has 1 aliphatic rings. The van der Waals surface area contributed by atoms with E-state index in [-0.39, 0.29) is 36.2 Å². The van der Waals surface area contributed by atoms with Gasteiger partial charge in [0.25, 0.3) is 0 Å². The first-order valence-corrected chi connectivity index (χ1v) is 8.11. The summed E-state index contributed by atoms with van der Waals surface area (Å²) in [6.07, 6.45) is 0.637. The third-order valence-electron chi connectivity index (χ3n) is 3.18. The maximum Gasteiger partial charge on any atom is 0.303 e. The highest BCUT2D eigenvalue weighted by Gasteiger charge is 2.29. The third-order valence-corrected chi connectivity index (χ3v) is 5.02. The molecule has 1 saturated heterocycles. The largest absolute Gasteiger partial charge is 0.481 e. The molecule has 1 atom stereocenters. The van der Waals surface area contributed by atoms with Crippen LogP contribution in [0.25, 0.3) is 0 Å². The predicted molar refractivity (Wildman–Crippen MR) is 70.4 cm³/mol. The first-order chi connectivity index (χ1) is 8.60. The molecule has 19 heavy (non-hydrogen) atoms. The van der Waals surface area contributed by atoms with Gasteiger partial charge < -0.3 is 10.4 Å². The number of amides is 1. The zero-order valence-electron chi connectivity index (χ0n) is 11.3. The van der Waals surface area contributed by atoms with Crippen LogP contribution in [0.5, 0.6) is 0 Å². The second kappa shape index (κ2) is 5.90. The van der Waals surface area contributed by atoms with Crippen LogP contribution in [-0.4, -0.2) is 43.5 Å². The Balaban J connectivity index is 2.34. The van der Waals surface area contributed by atoms with Crippen LogP contribution in [-0.2, 0) is 19.4 Å². The van der Waals surface area contributed by atoms with Gasteiger partial charge in [-0.15, -0.1) is 0 Å². The zero-order chi connectivity index (χ0) is 14.7. The van der Waals surface area contributed by atoms with Gasteiger partial charge in [0.05, 0.1) is 17.9 Å². The molecule has 7 heteroatoms. The number of rotatable bonds is 6. The molecule has 6 nitrogen and oxygen atoms in total. The van der Waals surface area contributed by atoms with E-state index in [0.29, 0.717) is 13.0 Å². The minimum atomic E-state index is -2.92. The minimum absolute atomic E-state index is 0.0171. The molecule has 1 fully saturated rings. The maximum absolute atomic E-state index is 11.7. The summed E-state index contributed by atoms with van der Waals surface area (Å²) in [5, 5.41) is 11.4. The molecule has 0 aromatic heterocycles. The number of carboxylic acids is 1. The first-order valence-electron chi connectivity index (χ1n) is 6.29. The Morgan fingerprint density at radius 2 is 1.95 bits per heavy atom. The summed E-state index contributed by atoms with van der Waals surface area (Å²) >= 11 is 0. The van der Waals surface area contributed by atoms with E-state index in [0.717, 1.165) is 0 Å². The van der Waals surface area contributed by atoms with Crippen LogP contribution in [0.3, 0.4) is 0 Å². The standard InChI is InChI=1S/C12H21NO5S/c1-12(2,6-11(15)16)5-10(14)13-7-9-3-4-19(17,18)8-9/h9H,3-8H2,1-2H3,(H,13,14)(H,15,16). The number of carbonyl (C=O) groups excluding carboxylic acids is 1. The van der Waals surface area contributed by atoms with Crippen LogP contribution >= 0.6 is 0 Å². The van der Waals surface area contributed by atoms with Crippen molar-refractivity contribution in [3.63, 3.8) is 0 Å². The van der Waals surface area contributed by atoms with Gasteiger partial charge in [-0.2, -0.15) is 0 Å². The molecule has 0 saturated carbocycles. The van der Waals surface area contributed by atoms with Crippen molar-refractivity contribution in [3.05, 3.63) is 0 Å². The Morgan fingerprint density at radius 1 is 1.32 bits per heavy atom. The number of carbonyl (C=O) groups is 2. The predicted octanol–water partition coefficient (Wildman–Crippen LogP) is 0.428. The molecule has 0 aromatic carbocycles. The van der Waals surface area contributed by atoms with Gasteiger partial charge in [0, 0.05) is 13.0 Å². The van der Waals surface area contributed by atoms with E-state index < -0.39 is 21.2 Å². The van der Waals surface area contributed by atoms with Gasteiger partial charge in [0.2, 0.25) is 5.91 Å². The molecule has 0 aliphatic carbocycles. The molecular formula is C12H21NO5S. The van der Waals surface area contributed by atoms with E-state index in [9.17, 15) is 18.0 Å². The van der Waals surface area contributed by atoms with Crippen molar-refractivity contribution < 1.29 is 23.1 Å². The number of aliphatic carboxylic acids is 1. The second-order valence-electron chi connectivity index (χ2n) is 5.98. The molecule has 1 rings (SSSR count). The summed E-state index contributed by atoms with van der Waals surface area (Å²) in [6, 6.07) is 0. The third kappa shape index (κ3) is 6.04. The van der Waals surface area contributed by atoms with Crippen LogP contribution in [0.1, 0.15) is 33.1 Å². The summed E-state index contributed by atoms with van der Waals surface area (Å²) in [6.45, 7) is 3.79. The SMILES string of the molecule is CC(C)(CC(=O)O)CC(=O)NCC1CCS(=O)(=O)C1. The smallest absolute Gasteiger partial charge is 0.303 e. The first kappa shape index (κ1) is 15.9. The van der Waals surface area contributed by atoms with Crippen LogP contribution < -0.4 is 5.32 Å². The van der Waals surface area contributed by atoms with Crippen molar-refractivity contribution >= 4 is 21.7 Å². The van der Waals surface area contributed by atoms with Crippen LogP contribution in [0.15, 0.2) is 0 Å². The van der Waals surface area contributed by atoms with E-state index in [1.54, 1.807) is 13.8 Å². The van der Waals surface area contributed by atoms with Crippen LogP contribution in [0, 0.1) is 11.3 Å². The number of sulfone groups is 1. The van der Waals surface area contributed by atoms with Crippen molar-refractivity contribution in [3.8, 4) is 0 Å². The summed E-state index contributed by atoms with van der Waals surface area (Å²) in [4.78, 5) is 22.3. The van der Waals surface area contributed by atoms with E-state index in [2.05, 4.69) is 5.32 Å². The Kier molecular flexibility index (Phi) is 4.95. The summed E-state index contributed by atoms with van der Waals surface area (Å²) in [7, 11) is -2.92. The minimum Gasteiger partial charge on any atom is -0.481 e. The molecule has 0 aromatic rings. The second-order valence-corrected chi connectivity index (χ2v) is 8.21. The number of hydrogen-bond donors (Lipinski definition) is 2. The van der Waals surface area contributed by atoms with Gasteiger partial charge in [0.15, 0.2) is 9.84 Å². The monoisotopic (exact) mass is 291 g/mol. The van der Waals surface area contributed by atoms with Crippen LogP contribution in [0.2, 0.25) is 0 Å². The fourth-order valence-electron chi connectivity index (χ4n) is 2.26. The van der Waals surface area contributed by atoms with Crippen molar-refractivity contribution in [2.75, 3.05) is 18.1 Å². The van der Waals surface area contributed by atoms with Crippen molar-refractivity contribution in [1.82, 2.24) is 5.32 Å². The summed E-state index contributed by atoms with van der Waals surface area (Å²) in [5.74, 6) is -0.851. The lowest BCUT2D eigenvalue weighted by atomic mass is 9.85. The average molecular weight is 291 g/mol.